The molecule has 0 fully saturated rings. The Hall–Kier alpha value is -3.71. The molecule has 4 aromatic rings. The summed E-state index contributed by atoms with van der Waals surface area (Å²) in [6, 6.07) is 20.7. The van der Waals surface area contributed by atoms with Crippen molar-refractivity contribution in [1.29, 1.82) is 0 Å². The smallest absolute Gasteiger partial charge is 0.227 e. The summed E-state index contributed by atoms with van der Waals surface area (Å²) in [5.41, 5.74) is 2.38. The lowest BCUT2D eigenvalue weighted by Crippen LogP contribution is -2.09. The van der Waals surface area contributed by atoms with Crippen LogP contribution < -0.4 is 14.2 Å². The molecule has 3 aromatic carbocycles. The first-order valence-corrected chi connectivity index (χ1v) is 10.8. The molecule has 0 radical (unpaired) electrons. The molecule has 7 heteroatoms. The van der Waals surface area contributed by atoms with Crippen LogP contribution in [0, 0.1) is 0 Å². The summed E-state index contributed by atoms with van der Waals surface area (Å²) in [7, 11) is 3.22. The molecule has 0 unspecified atom stereocenters. The van der Waals surface area contributed by atoms with Crippen molar-refractivity contribution in [3.63, 3.8) is 0 Å². The van der Waals surface area contributed by atoms with E-state index in [-0.39, 0.29) is 5.75 Å². The molecule has 5 rings (SSSR count). The van der Waals surface area contributed by atoms with E-state index in [0.717, 1.165) is 32.5 Å². The Kier molecular flexibility index (Phi) is 5.33. The van der Waals surface area contributed by atoms with Crippen LogP contribution in [0.1, 0.15) is 11.1 Å². The number of aromatic hydroxyl groups is 1. The van der Waals surface area contributed by atoms with Crippen molar-refractivity contribution in [1.82, 2.24) is 9.97 Å². The SMILES string of the molecule is COc1ccc2c(c1)Cc1c(nc(-c3cc(OC)ccc3O)nc1Sc1ccccc1)O2. The maximum atomic E-state index is 10.5. The van der Waals surface area contributed by atoms with Crippen molar-refractivity contribution >= 4 is 11.8 Å². The number of rotatable bonds is 5. The van der Waals surface area contributed by atoms with Gasteiger partial charge in [0, 0.05) is 16.9 Å². The van der Waals surface area contributed by atoms with E-state index in [1.807, 2.05) is 48.5 Å². The van der Waals surface area contributed by atoms with Crippen LogP contribution in [-0.4, -0.2) is 29.3 Å². The third kappa shape index (κ3) is 3.83. The predicted octanol–water partition coefficient (Wildman–Crippen LogP) is 5.71. The van der Waals surface area contributed by atoms with Gasteiger partial charge in [0.15, 0.2) is 5.82 Å². The van der Waals surface area contributed by atoms with Crippen LogP contribution in [0.25, 0.3) is 11.4 Å². The summed E-state index contributed by atoms with van der Waals surface area (Å²) in [5, 5.41) is 11.3. The molecule has 0 aliphatic carbocycles. The number of methoxy groups -OCH3 is 2. The molecule has 6 nitrogen and oxygen atoms in total. The van der Waals surface area contributed by atoms with E-state index in [2.05, 4.69) is 4.98 Å². The van der Waals surface area contributed by atoms with Gasteiger partial charge >= 0.3 is 0 Å². The zero-order chi connectivity index (χ0) is 22.1. The zero-order valence-electron chi connectivity index (χ0n) is 17.5. The molecule has 0 saturated heterocycles. The summed E-state index contributed by atoms with van der Waals surface area (Å²) >= 11 is 1.54. The second-order valence-electron chi connectivity index (χ2n) is 7.19. The fraction of sp³-hybridized carbons (Fsp3) is 0.120. The first-order chi connectivity index (χ1) is 15.6. The number of hydrogen-bond acceptors (Lipinski definition) is 7. The Bertz CT molecular complexity index is 1290. The maximum Gasteiger partial charge on any atom is 0.227 e. The van der Waals surface area contributed by atoms with Gasteiger partial charge in [0.25, 0.3) is 0 Å². The Balaban J connectivity index is 1.65. The highest BCUT2D eigenvalue weighted by molar-refractivity contribution is 7.99. The van der Waals surface area contributed by atoms with Crippen LogP contribution >= 0.6 is 11.8 Å². The summed E-state index contributed by atoms with van der Waals surface area (Å²) in [5.74, 6) is 3.03. The first kappa shape index (κ1) is 20.2. The average molecular weight is 445 g/mol. The molecular formula is C25H20N2O4S. The van der Waals surface area contributed by atoms with Gasteiger partial charge in [-0.3, -0.25) is 0 Å². The maximum absolute atomic E-state index is 10.5. The van der Waals surface area contributed by atoms with Crippen LogP contribution in [0.3, 0.4) is 0 Å². The molecule has 1 aliphatic heterocycles. The normalized spacial score (nSPS) is 11.8. The largest absolute Gasteiger partial charge is 0.507 e. The molecule has 0 bridgehead atoms. The van der Waals surface area contributed by atoms with Crippen LogP contribution in [0.5, 0.6) is 28.9 Å². The van der Waals surface area contributed by atoms with E-state index in [1.54, 1.807) is 32.4 Å². The van der Waals surface area contributed by atoms with Gasteiger partial charge in [-0.05, 0) is 48.5 Å². The Labute approximate surface area is 189 Å². The zero-order valence-corrected chi connectivity index (χ0v) is 18.3. The molecule has 0 saturated carbocycles. The minimum Gasteiger partial charge on any atom is -0.507 e. The van der Waals surface area contributed by atoms with Crippen molar-refractivity contribution in [2.75, 3.05) is 14.2 Å². The van der Waals surface area contributed by atoms with E-state index in [4.69, 9.17) is 19.2 Å². The third-order valence-corrected chi connectivity index (χ3v) is 6.21. The topological polar surface area (TPSA) is 73.7 Å². The lowest BCUT2D eigenvalue weighted by atomic mass is 10.0. The van der Waals surface area contributed by atoms with E-state index < -0.39 is 0 Å². The fourth-order valence-corrected chi connectivity index (χ4v) is 4.45. The number of benzene rings is 3. The summed E-state index contributed by atoms with van der Waals surface area (Å²) in [6.07, 6.45) is 0.613. The number of phenolic OH excluding ortho intramolecular Hbond substituents is 1. The molecular weight excluding hydrogens is 424 g/mol. The van der Waals surface area contributed by atoms with E-state index in [9.17, 15) is 5.11 Å². The number of nitrogens with zero attached hydrogens (tertiary/aromatic N) is 2. The van der Waals surface area contributed by atoms with Crippen LogP contribution in [0.4, 0.5) is 0 Å². The highest BCUT2D eigenvalue weighted by atomic mass is 32.2. The first-order valence-electron chi connectivity index (χ1n) is 10.0. The molecule has 2 heterocycles. The van der Waals surface area contributed by atoms with Gasteiger partial charge in [-0.2, -0.15) is 4.98 Å². The van der Waals surface area contributed by atoms with Gasteiger partial charge in [-0.15, -0.1) is 0 Å². The summed E-state index contributed by atoms with van der Waals surface area (Å²) in [4.78, 5) is 10.5. The van der Waals surface area contributed by atoms with Gasteiger partial charge in [-0.1, -0.05) is 30.0 Å². The number of phenols is 1. The van der Waals surface area contributed by atoms with Gasteiger partial charge in [0.05, 0.1) is 25.3 Å². The number of aromatic nitrogens is 2. The monoisotopic (exact) mass is 444 g/mol. The standard InChI is InChI=1S/C25H20N2O4S/c1-29-16-9-11-22-15(12-16)13-20-24(31-22)26-23(19-14-17(30-2)8-10-21(19)28)27-25(20)32-18-6-4-3-5-7-18/h3-12,14,28H,13H2,1-2H3. The lowest BCUT2D eigenvalue weighted by Gasteiger charge is -2.22. The predicted molar refractivity (Wildman–Crippen MR) is 122 cm³/mol. The van der Waals surface area contributed by atoms with Crippen molar-refractivity contribution in [3.05, 3.63) is 77.9 Å². The molecule has 0 atom stereocenters. The quantitative estimate of drug-likeness (QED) is 0.348. The summed E-state index contributed by atoms with van der Waals surface area (Å²) in [6.45, 7) is 0. The second-order valence-corrected chi connectivity index (χ2v) is 8.25. The molecule has 0 spiro atoms. The molecule has 1 aliphatic rings. The van der Waals surface area contributed by atoms with Crippen LogP contribution in [-0.2, 0) is 6.42 Å². The van der Waals surface area contributed by atoms with Crippen molar-refractivity contribution < 1.29 is 19.3 Å². The van der Waals surface area contributed by atoms with E-state index in [1.165, 1.54) is 11.8 Å². The van der Waals surface area contributed by atoms with Crippen LogP contribution in [0.15, 0.2) is 76.7 Å². The van der Waals surface area contributed by atoms with Crippen molar-refractivity contribution in [2.45, 2.75) is 16.3 Å². The van der Waals surface area contributed by atoms with Gasteiger partial charge in [0.2, 0.25) is 5.88 Å². The van der Waals surface area contributed by atoms with Gasteiger partial charge < -0.3 is 19.3 Å². The third-order valence-electron chi connectivity index (χ3n) is 5.18. The Morgan fingerprint density at radius 2 is 1.66 bits per heavy atom. The minimum atomic E-state index is 0.0716. The second kappa shape index (κ2) is 8.43. The molecule has 160 valence electrons. The highest BCUT2D eigenvalue weighted by Crippen LogP contribution is 2.44. The van der Waals surface area contributed by atoms with Crippen molar-refractivity contribution in [2.24, 2.45) is 0 Å². The van der Waals surface area contributed by atoms with Gasteiger partial charge in [0.1, 0.15) is 28.0 Å². The molecule has 32 heavy (non-hydrogen) atoms. The summed E-state index contributed by atoms with van der Waals surface area (Å²) < 4.78 is 16.9. The van der Waals surface area contributed by atoms with Crippen molar-refractivity contribution in [3.8, 4) is 40.3 Å². The molecule has 0 amide bonds. The van der Waals surface area contributed by atoms with E-state index >= 15 is 0 Å². The number of ether oxygens (including phenoxy) is 3. The highest BCUT2D eigenvalue weighted by Gasteiger charge is 2.26. The Morgan fingerprint density at radius 3 is 2.44 bits per heavy atom. The Morgan fingerprint density at radius 1 is 0.906 bits per heavy atom. The number of fused-ring (bicyclic) bond motifs is 2. The number of hydrogen-bond donors (Lipinski definition) is 1. The fourth-order valence-electron chi connectivity index (χ4n) is 3.52. The molecule has 1 aromatic heterocycles. The average Bonchev–Trinajstić information content (AvgIpc) is 2.83. The lowest BCUT2D eigenvalue weighted by molar-refractivity contribution is 0.407. The molecule has 1 N–H and O–H groups in total. The minimum absolute atomic E-state index is 0.0716. The van der Waals surface area contributed by atoms with Crippen LogP contribution in [0.2, 0.25) is 0 Å². The van der Waals surface area contributed by atoms with E-state index in [0.29, 0.717) is 29.4 Å². The van der Waals surface area contributed by atoms with Gasteiger partial charge in [-0.25, -0.2) is 4.98 Å².